The molecule has 0 bridgehead atoms. The Kier molecular flexibility index (Phi) is 65.8. The number of unbranched alkanes of at least 4 members (excludes halogenated alkanes) is 2. The first-order chi connectivity index (χ1) is 49.4. The SMILES string of the molecule is CC(C)(C)CCCC(=O)C(C)(C)C.CC(C)(C)CCCC(=O)C(C)(C)C.CC(C)(C)CCCCC(C)(C)C.CC(C)(C)CCCCC(C)(C)C.CC(C)(C)CCCOC(C)(C)C.CC(C)(C)CCCOC(C)(C)C.CN(CCC(=O)C(C)(C)C)C(C)(C)C.CN(CCCC(C)(C)C)C(C)(C)C.CN(CCCC(C)(C)C)C(C)(C)C. The molecule has 0 aliphatic carbocycles. The van der Waals surface area contributed by atoms with Crippen LogP contribution in [-0.4, -0.2) is 114 Å². The number of nitrogens with zero attached hydrogens (tertiary/aromatic N) is 3. The molecule has 0 saturated heterocycles. The van der Waals surface area contributed by atoms with Crippen LogP contribution in [0.15, 0.2) is 0 Å². The molecule has 0 amide bonds. The van der Waals surface area contributed by atoms with Gasteiger partial charge in [-0.2, -0.15) is 0 Å². The van der Waals surface area contributed by atoms with Crippen LogP contribution in [0.5, 0.6) is 0 Å². The van der Waals surface area contributed by atoms with Gasteiger partial charge in [0.05, 0.1) is 11.2 Å². The molecule has 0 aromatic rings. The molecule has 0 N–H and O–H groups in total. The maximum absolute atomic E-state index is 11.7. The van der Waals surface area contributed by atoms with E-state index in [1.165, 1.54) is 116 Å². The van der Waals surface area contributed by atoms with E-state index in [-0.39, 0.29) is 33.0 Å². The standard InChI is InChI=1S/C12H25NO.2C12H27N.2C12H24O.2C12H26.2C11H24O/c1-11(2,3)10(14)8-9-13(7)12(4,5)6;2*1-11(2,3)9-8-10-13(7)12(4,5)6;2*1-11(2,3)9-7-8-10(13)12(4,5)6;2*1-11(2,3)9-7-8-10-12(4,5)6;2*1-10(2,3)8-7-9-12-11(4,5)6/h8-9H2,1-7H3;2*8-10H2,1-7H3;2*7-9H2,1-6H3;2*7-10H2,1-6H3;2*7-9H2,1-6H3. The van der Waals surface area contributed by atoms with E-state index in [0.717, 1.165) is 58.3 Å². The van der Waals surface area contributed by atoms with Crippen LogP contribution in [0.3, 0.4) is 0 Å². The molecule has 0 unspecified atom stereocenters. The van der Waals surface area contributed by atoms with Gasteiger partial charge in [0.15, 0.2) is 0 Å². The van der Waals surface area contributed by atoms with E-state index >= 15 is 0 Å². The minimum absolute atomic E-state index is 0.0257. The third kappa shape index (κ3) is 124. The van der Waals surface area contributed by atoms with Gasteiger partial charge in [-0.1, -0.05) is 296 Å². The number of hydrogen-bond donors (Lipinski definition) is 0. The first kappa shape index (κ1) is 131. The Bertz CT molecular complexity index is 2030. The molecule has 0 saturated carbocycles. The van der Waals surface area contributed by atoms with Crippen molar-refractivity contribution in [1.29, 1.82) is 0 Å². The fourth-order valence-electron chi connectivity index (χ4n) is 10.2. The Morgan fingerprint density at radius 3 is 0.500 bits per heavy atom. The van der Waals surface area contributed by atoms with E-state index in [4.69, 9.17) is 9.47 Å². The summed E-state index contributed by atoms with van der Waals surface area (Å²) in [5, 5.41) is 0. The lowest BCUT2D eigenvalue weighted by molar-refractivity contribution is -0.127. The van der Waals surface area contributed by atoms with E-state index < -0.39 is 0 Å². The number of carbonyl (C=O) groups excluding carboxylic acids is 3. The highest BCUT2D eigenvalue weighted by molar-refractivity contribution is 5.84. The van der Waals surface area contributed by atoms with Crippen molar-refractivity contribution in [3.63, 3.8) is 0 Å². The quantitative estimate of drug-likeness (QED) is 0.0753. The van der Waals surface area contributed by atoms with Gasteiger partial charge in [-0.15, -0.1) is 0 Å². The zero-order chi connectivity index (χ0) is 93.7. The summed E-state index contributed by atoms with van der Waals surface area (Å²) in [4.78, 5) is 41.8. The zero-order valence-electron chi connectivity index (χ0n) is 90.7. The van der Waals surface area contributed by atoms with E-state index in [0.29, 0.717) is 89.0 Å². The third-order valence-electron chi connectivity index (χ3n) is 19.5. The molecule has 0 heterocycles. The fourth-order valence-corrected chi connectivity index (χ4v) is 10.2. The lowest BCUT2D eigenvalue weighted by Crippen LogP contribution is -2.40. The van der Waals surface area contributed by atoms with E-state index in [1.54, 1.807) is 0 Å². The molecular formula is C106H227N3O5. The summed E-state index contributed by atoms with van der Waals surface area (Å²) in [7, 11) is 6.49. The van der Waals surface area contributed by atoms with Crippen LogP contribution in [0.2, 0.25) is 0 Å². The van der Waals surface area contributed by atoms with Crippen molar-refractivity contribution in [3.05, 3.63) is 0 Å². The Hall–Kier alpha value is -1.19. The van der Waals surface area contributed by atoms with Crippen molar-refractivity contribution in [2.45, 2.75) is 549 Å². The van der Waals surface area contributed by atoms with Crippen LogP contribution in [0.25, 0.3) is 0 Å². The molecule has 0 rings (SSSR count). The van der Waals surface area contributed by atoms with Gasteiger partial charge in [-0.25, -0.2) is 0 Å². The van der Waals surface area contributed by atoms with E-state index in [2.05, 4.69) is 347 Å². The molecule has 8 nitrogen and oxygen atoms in total. The van der Waals surface area contributed by atoms with Crippen LogP contribution in [0, 0.1) is 70.4 Å². The molecule has 696 valence electrons. The molecular weight excluding hydrogens is 1400 g/mol. The molecule has 0 atom stereocenters. The van der Waals surface area contributed by atoms with Crippen LogP contribution in [-0.2, 0) is 23.9 Å². The van der Waals surface area contributed by atoms with E-state index in [1.807, 2.05) is 62.3 Å². The molecule has 8 heteroatoms. The summed E-state index contributed by atoms with van der Waals surface area (Å²) in [6.07, 6.45) is 27.5. The van der Waals surface area contributed by atoms with Crippen LogP contribution in [0.4, 0.5) is 0 Å². The van der Waals surface area contributed by atoms with Crippen molar-refractivity contribution < 1.29 is 23.9 Å². The van der Waals surface area contributed by atoms with Gasteiger partial charge in [0.2, 0.25) is 0 Å². The van der Waals surface area contributed by atoms with Crippen molar-refractivity contribution >= 4 is 17.3 Å². The highest BCUT2D eigenvalue weighted by Gasteiger charge is 2.27. The zero-order valence-corrected chi connectivity index (χ0v) is 90.7. The topological polar surface area (TPSA) is 79.4 Å². The second kappa shape index (κ2) is 57.3. The normalized spacial score (nSPS) is 13.5. The molecule has 0 spiro atoms. The fraction of sp³-hybridized carbons (Fsp3) is 0.972. The molecule has 0 aliphatic heterocycles. The molecule has 0 radical (unpaired) electrons. The molecule has 0 aromatic heterocycles. The van der Waals surface area contributed by atoms with Crippen molar-refractivity contribution in [3.8, 4) is 0 Å². The second-order valence-electron chi connectivity index (χ2n) is 54.6. The number of Topliss-reactive ketones (excluding diaryl/α,β-unsaturated/α-hetero) is 3. The minimum atomic E-state index is -0.196. The Balaban J connectivity index is -0.000000155. The summed E-state index contributed by atoms with van der Waals surface area (Å²) in [6, 6.07) is 0. The lowest BCUT2D eigenvalue weighted by atomic mass is 9.84. The number of ketones is 3. The second-order valence-corrected chi connectivity index (χ2v) is 54.6. The average molecular weight is 1620 g/mol. The first-order valence-corrected chi connectivity index (χ1v) is 46.4. The monoisotopic (exact) mass is 1620 g/mol. The number of rotatable bonds is 27. The van der Waals surface area contributed by atoms with Crippen molar-refractivity contribution in [2.75, 3.05) is 54.0 Å². The molecule has 114 heavy (non-hydrogen) atoms. The maximum atomic E-state index is 11.7. The predicted molar refractivity (Wildman–Crippen MR) is 523 cm³/mol. The summed E-state index contributed by atoms with van der Waals surface area (Å²) in [6.45, 7) is 124. The maximum Gasteiger partial charge on any atom is 0.139 e. The largest absolute Gasteiger partial charge is 0.376 e. The Morgan fingerprint density at radius 1 is 0.193 bits per heavy atom. The van der Waals surface area contributed by atoms with Crippen LogP contribution in [0.1, 0.15) is 522 Å². The summed E-state index contributed by atoms with van der Waals surface area (Å²) < 4.78 is 11.2. The third-order valence-corrected chi connectivity index (χ3v) is 19.5. The number of hydrogen-bond acceptors (Lipinski definition) is 8. The van der Waals surface area contributed by atoms with Crippen LogP contribution >= 0.6 is 0 Å². The van der Waals surface area contributed by atoms with Crippen LogP contribution < -0.4 is 0 Å². The van der Waals surface area contributed by atoms with Gasteiger partial charge >= 0.3 is 0 Å². The van der Waals surface area contributed by atoms with Gasteiger partial charge in [0, 0.05) is 71.9 Å². The van der Waals surface area contributed by atoms with Gasteiger partial charge in [-0.05, 0) is 295 Å². The summed E-state index contributed by atoms with van der Waals surface area (Å²) in [5.41, 5.74) is 5.01. The molecule has 0 aliphatic rings. The smallest absolute Gasteiger partial charge is 0.139 e. The number of carbonyl (C=O) groups is 3. The Labute approximate surface area is 725 Å². The highest BCUT2D eigenvalue weighted by Crippen LogP contribution is 2.32. The lowest BCUT2D eigenvalue weighted by Gasteiger charge is -2.32. The highest BCUT2D eigenvalue weighted by atomic mass is 16.5. The summed E-state index contributed by atoms with van der Waals surface area (Å²) in [5.74, 6) is 1.11. The summed E-state index contributed by atoms with van der Waals surface area (Å²) >= 11 is 0. The predicted octanol–water partition coefficient (Wildman–Crippen LogP) is 34.0. The first-order valence-electron chi connectivity index (χ1n) is 46.4. The van der Waals surface area contributed by atoms with Gasteiger partial charge in [-0.3, -0.25) is 14.4 Å². The number of ether oxygens (including phenoxy) is 2. The van der Waals surface area contributed by atoms with Crippen molar-refractivity contribution in [2.24, 2.45) is 70.4 Å². The Morgan fingerprint density at radius 2 is 0.342 bits per heavy atom. The average Bonchev–Trinajstić information content (AvgIpc) is 0.482. The van der Waals surface area contributed by atoms with Crippen molar-refractivity contribution in [1.82, 2.24) is 14.7 Å². The van der Waals surface area contributed by atoms with Gasteiger partial charge in [0.1, 0.15) is 17.3 Å². The van der Waals surface area contributed by atoms with Gasteiger partial charge in [0.25, 0.3) is 0 Å². The minimum Gasteiger partial charge on any atom is -0.376 e. The van der Waals surface area contributed by atoms with E-state index in [9.17, 15) is 14.4 Å². The van der Waals surface area contributed by atoms with Gasteiger partial charge < -0.3 is 24.2 Å². The molecule has 0 fully saturated rings. The molecule has 0 aromatic carbocycles.